The Morgan fingerprint density at radius 2 is 1.67 bits per heavy atom. The Labute approximate surface area is 129 Å². The predicted octanol–water partition coefficient (Wildman–Crippen LogP) is 1.68. The lowest BCUT2D eigenvalue weighted by atomic mass is 10.2. The summed E-state index contributed by atoms with van der Waals surface area (Å²) in [4.78, 5) is 0.170. The number of hydrogen-bond donors (Lipinski definition) is 0. The molecule has 1 aliphatic heterocycles. The first-order chi connectivity index (χ1) is 9.79. The summed E-state index contributed by atoms with van der Waals surface area (Å²) in [7, 11) is -6.80. The van der Waals surface area contributed by atoms with Crippen LogP contribution in [0.4, 0.5) is 0 Å². The van der Waals surface area contributed by atoms with Crippen molar-refractivity contribution in [3.8, 4) is 0 Å². The molecule has 0 N–H and O–H groups in total. The molecule has 5 nitrogen and oxygen atoms in total. The van der Waals surface area contributed by atoms with Crippen molar-refractivity contribution >= 4 is 31.5 Å². The zero-order chi connectivity index (χ0) is 15.3. The SMILES string of the molecule is O=S1(=O)CC[C@@H](N(C2CC2)S(=O)(=O)c2ccc(Cl)cc2)C1. The molecule has 1 aromatic rings. The smallest absolute Gasteiger partial charge is 0.229 e. The van der Waals surface area contributed by atoms with Gasteiger partial charge >= 0.3 is 0 Å². The van der Waals surface area contributed by atoms with Crippen molar-refractivity contribution in [2.45, 2.75) is 36.2 Å². The van der Waals surface area contributed by atoms with Crippen molar-refractivity contribution in [1.29, 1.82) is 0 Å². The van der Waals surface area contributed by atoms with Gasteiger partial charge in [-0.25, -0.2) is 16.8 Å². The fourth-order valence-electron chi connectivity index (χ4n) is 2.72. The normalized spacial score (nSPS) is 25.3. The van der Waals surface area contributed by atoms with Crippen LogP contribution in [-0.2, 0) is 19.9 Å². The van der Waals surface area contributed by atoms with Gasteiger partial charge in [-0.1, -0.05) is 11.6 Å². The molecular formula is C13H16ClNO4S2. The molecular weight excluding hydrogens is 334 g/mol. The lowest BCUT2D eigenvalue weighted by molar-refractivity contribution is 0.332. The summed E-state index contributed by atoms with van der Waals surface area (Å²) in [5, 5.41) is 0.468. The molecule has 116 valence electrons. The second-order valence-corrected chi connectivity index (χ2v) is 10.1. The fourth-order valence-corrected chi connectivity index (χ4v) is 6.55. The first kappa shape index (κ1) is 15.3. The minimum absolute atomic E-state index is 0.0658. The van der Waals surface area contributed by atoms with E-state index < -0.39 is 25.9 Å². The zero-order valence-corrected chi connectivity index (χ0v) is 13.7. The summed E-state index contributed by atoms with van der Waals surface area (Å²) < 4.78 is 50.4. The van der Waals surface area contributed by atoms with Crippen molar-refractivity contribution in [3.63, 3.8) is 0 Å². The van der Waals surface area contributed by atoms with Crippen LogP contribution in [0.15, 0.2) is 29.2 Å². The molecule has 2 fully saturated rings. The topological polar surface area (TPSA) is 71.5 Å². The van der Waals surface area contributed by atoms with Gasteiger partial charge in [-0.15, -0.1) is 0 Å². The highest BCUT2D eigenvalue weighted by atomic mass is 35.5. The monoisotopic (exact) mass is 349 g/mol. The molecule has 1 saturated carbocycles. The summed E-state index contributed by atoms with van der Waals surface area (Å²) in [6, 6.07) is 5.50. The van der Waals surface area contributed by atoms with Gasteiger partial charge in [0.15, 0.2) is 9.84 Å². The van der Waals surface area contributed by atoms with Gasteiger partial charge in [-0.05, 0) is 43.5 Å². The van der Waals surface area contributed by atoms with Crippen molar-refractivity contribution in [1.82, 2.24) is 4.31 Å². The molecule has 1 atom stereocenters. The van der Waals surface area contributed by atoms with Crippen LogP contribution < -0.4 is 0 Å². The van der Waals surface area contributed by atoms with Crippen LogP contribution in [0.1, 0.15) is 19.3 Å². The van der Waals surface area contributed by atoms with E-state index in [1.54, 1.807) is 0 Å². The molecule has 1 saturated heterocycles. The van der Waals surface area contributed by atoms with Crippen LogP contribution >= 0.6 is 11.6 Å². The van der Waals surface area contributed by atoms with E-state index in [1.165, 1.54) is 28.6 Å². The van der Waals surface area contributed by atoms with E-state index in [1.807, 2.05) is 0 Å². The lowest BCUT2D eigenvalue weighted by Gasteiger charge is -2.27. The number of rotatable bonds is 4. The molecule has 1 heterocycles. The first-order valence-electron chi connectivity index (χ1n) is 6.79. The average Bonchev–Trinajstić information content (AvgIpc) is 3.14. The quantitative estimate of drug-likeness (QED) is 0.829. The molecule has 1 aromatic carbocycles. The molecule has 8 heteroatoms. The van der Waals surface area contributed by atoms with E-state index in [4.69, 9.17) is 11.6 Å². The Balaban J connectivity index is 1.95. The molecule has 0 unspecified atom stereocenters. The van der Waals surface area contributed by atoms with E-state index in [2.05, 4.69) is 0 Å². The van der Waals surface area contributed by atoms with Gasteiger partial charge in [-0.2, -0.15) is 4.31 Å². The maximum absolute atomic E-state index is 12.8. The molecule has 2 aliphatic rings. The Kier molecular flexibility index (Phi) is 3.80. The number of halogens is 1. The second-order valence-electron chi connectivity index (χ2n) is 5.58. The summed E-state index contributed by atoms with van der Waals surface area (Å²) in [6.45, 7) is 0. The fraction of sp³-hybridized carbons (Fsp3) is 0.538. The minimum atomic E-state index is -3.68. The highest BCUT2D eigenvalue weighted by Gasteiger charge is 2.46. The molecule has 3 rings (SSSR count). The molecule has 21 heavy (non-hydrogen) atoms. The van der Waals surface area contributed by atoms with Gasteiger partial charge < -0.3 is 0 Å². The summed E-state index contributed by atoms with van der Waals surface area (Å²) >= 11 is 5.79. The van der Waals surface area contributed by atoms with Crippen LogP contribution in [0.25, 0.3) is 0 Å². The third-order valence-electron chi connectivity index (χ3n) is 3.86. The van der Waals surface area contributed by atoms with E-state index in [0.717, 1.165) is 12.8 Å². The van der Waals surface area contributed by atoms with Crippen molar-refractivity contribution < 1.29 is 16.8 Å². The largest absolute Gasteiger partial charge is 0.243 e. The Morgan fingerprint density at radius 3 is 2.14 bits per heavy atom. The highest BCUT2D eigenvalue weighted by Crippen LogP contribution is 2.37. The lowest BCUT2D eigenvalue weighted by Crippen LogP contribution is -2.42. The highest BCUT2D eigenvalue weighted by molar-refractivity contribution is 7.92. The van der Waals surface area contributed by atoms with Crippen molar-refractivity contribution in [3.05, 3.63) is 29.3 Å². The molecule has 1 aliphatic carbocycles. The van der Waals surface area contributed by atoms with E-state index in [-0.39, 0.29) is 22.4 Å². The third-order valence-corrected chi connectivity index (χ3v) is 7.89. The van der Waals surface area contributed by atoms with Crippen LogP contribution in [0.3, 0.4) is 0 Å². The number of hydrogen-bond acceptors (Lipinski definition) is 4. The zero-order valence-electron chi connectivity index (χ0n) is 11.3. The average molecular weight is 350 g/mol. The molecule has 0 radical (unpaired) electrons. The van der Waals surface area contributed by atoms with Crippen LogP contribution in [0.5, 0.6) is 0 Å². The third kappa shape index (κ3) is 3.11. The van der Waals surface area contributed by atoms with Crippen LogP contribution in [-0.4, -0.2) is 44.7 Å². The number of nitrogens with zero attached hydrogens (tertiary/aromatic N) is 1. The maximum Gasteiger partial charge on any atom is 0.243 e. The summed E-state index contributed by atoms with van der Waals surface area (Å²) in [5.41, 5.74) is 0. The number of benzene rings is 1. The van der Waals surface area contributed by atoms with Gasteiger partial charge in [0.2, 0.25) is 10.0 Å². The maximum atomic E-state index is 12.8. The summed E-state index contributed by atoms with van der Waals surface area (Å²) in [6.07, 6.45) is 1.97. The molecule has 0 spiro atoms. The van der Waals surface area contributed by atoms with E-state index in [9.17, 15) is 16.8 Å². The second kappa shape index (κ2) is 5.22. The van der Waals surface area contributed by atoms with E-state index in [0.29, 0.717) is 11.4 Å². The Hall–Kier alpha value is -0.630. The number of sulfonamides is 1. The van der Waals surface area contributed by atoms with Crippen LogP contribution in [0, 0.1) is 0 Å². The van der Waals surface area contributed by atoms with Crippen molar-refractivity contribution in [2.75, 3.05) is 11.5 Å². The van der Waals surface area contributed by atoms with Gasteiger partial charge in [0.25, 0.3) is 0 Å². The van der Waals surface area contributed by atoms with Gasteiger partial charge in [0.1, 0.15) is 0 Å². The van der Waals surface area contributed by atoms with Gasteiger partial charge in [0.05, 0.1) is 16.4 Å². The summed E-state index contributed by atoms with van der Waals surface area (Å²) in [5.74, 6) is -0.00660. The first-order valence-corrected chi connectivity index (χ1v) is 10.4. The standard InChI is InChI=1S/C13H16ClNO4S2/c14-10-1-5-13(6-2-10)21(18,19)15(11-3-4-11)12-7-8-20(16,17)9-12/h1-2,5-6,11-12H,3-4,7-9H2/t12-/m1/s1. The minimum Gasteiger partial charge on any atom is -0.229 e. The van der Waals surface area contributed by atoms with Crippen LogP contribution in [0.2, 0.25) is 5.02 Å². The number of sulfone groups is 1. The van der Waals surface area contributed by atoms with Gasteiger partial charge in [-0.3, -0.25) is 0 Å². The molecule has 0 amide bonds. The molecule has 0 aromatic heterocycles. The Bertz CT molecular complexity index is 739. The van der Waals surface area contributed by atoms with E-state index >= 15 is 0 Å². The predicted molar refractivity (Wildman–Crippen MR) is 80.6 cm³/mol. The molecule has 0 bridgehead atoms. The Morgan fingerprint density at radius 1 is 1.05 bits per heavy atom. The van der Waals surface area contributed by atoms with Crippen molar-refractivity contribution in [2.24, 2.45) is 0 Å². The van der Waals surface area contributed by atoms with Gasteiger partial charge in [0, 0.05) is 17.1 Å².